The predicted octanol–water partition coefficient (Wildman–Crippen LogP) is 1.25. The molecule has 2 fully saturated rings. The first-order valence-corrected chi connectivity index (χ1v) is 9.11. The predicted molar refractivity (Wildman–Crippen MR) is 74.0 cm³/mol. The summed E-state index contributed by atoms with van der Waals surface area (Å²) in [6.07, 6.45) is 5.37. The van der Waals surface area contributed by atoms with Crippen LogP contribution < -0.4 is 5.32 Å². The molecule has 2 saturated heterocycles. The fraction of sp³-hybridized carbons (Fsp3) is 0.846. The Labute approximate surface area is 119 Å². The van der Waals surface area contributed by atoms with Gasteiger partial charge in [0.1, 0.15) is 5.25 Å². The average molecular weight is 299 g/mol. The zero-order valence-corrected chi connectivity index (χ0v) is 12.4. The van der Waals surface area contributed by atoms with Crippen molar-refractivity contribution >= 4 is 9.84 Å². The van der Waals surface area contributed by atoms with Crippen LogP contribution >= 0.6 is 0 Å². The molecule has 3 rings (SSSR count). The van der Waals surface area contributed by atoms with Crippen molar-refractivity contribution in [2.45, 2.75) is 43.8 Å². The third kappa shape index (κ3) is 3.03. The van der Waals surface area contributed by atoms with Gasteiger partial charge in [0.15, 0.2) is 15.7 Å². The van der Waals surface area contributed by atoms with E-state index in [2.05, 4.69) is 15.5 Å². The van der Waals surface area contributed by atoms with E-state index in [1.165, 1.54) is 12.8 Å². The monoisotopic (exact) mass is 299 g/mol. The highest BCUT2D eigenvalue weighted by molar-refractivity contribution is 7.91. The fourth-order valence-electron chi connectivity index (χ4n) is 3.07. The van der Waals surface area contributed by atoms with E-state index in [1.54, 1.807) is 0 Å². The molecule has 0 saturated carbocycles. The van der Waals surface area contributed by atoms with Gasteiger partial charge in [0.2, 0.25) is 5.89 Å². The van der Waals surface area contributed by atoms with Gasteiger partial charge in [-0.05, 0) is 44.7 Å². The van der Waals surface area contributed by atoms with Crippen molar-refractivity contribution in [1.29, 1.82) is 0 Å². The van der Waals surface area contributed by atoms with Crippen molar-refractivity contribution < 1.29 is 12.9 Å². The van der Waals surface area contributed by atoms with E-state index in [9.17, 15) is 8.42 Å². The van der Waals surface area contributed by atoms with Crippen LogP contribution in [0.4, 0.5) is 0 Å². The number of sulfone groups is 1. The van der Waals surface area contributed by atoms with Gasteiger partial charge in [0.05, 0.1) is 5.75 Å². The van der Waals surface area contributed by atoms with Gasteiger partial charge in [-0.25, -0.2) is 8.42 Å². The Bertz CT molecular complexity index is 549. The summed E-state index contributed by atoms with van der Waals surface area (Å²) in [7, 11) is -3.10. The Morgan fingerprint density at radius 1 is 1.25 bits per heavy atom. The van der Waals surface area contributed by atoms with Crippen LogP contribution in [0.15, 0.2) is 4.52 Å². The average Bonchev–Trinajstić information content (AvgIpc) is 2.87. The summed E-state index contributed by atoms with van der Waals surface area (Å²) in [5.41, 5.74) is 0. The van der Waals surface area contributed by atoms with Crippen LogP contribution in [0.1, 0.15) is 49.1 Å². The van der Waals surface area contributed by atoms with Crippen molar-refractivity contribution in [2.24, 2.45) is 5.92 Å². The minimum Gasteiger partial charge on any atom is -0.338 e. The fourth-order valence-corrected chi connectivity index (χ4v) is 4.89. The molecule has 0 amide bonds. The number of hydrogen-bond acceptors (Lipinski definition) is 6. The molecule has 2 aliphatic rings. The molecule has 112 valence electrons. The molecule has 0 aromatic carbocycles. The van der Waals surface area contributed by atoms with E-state index in [0.29, 0.717) is 24.1 Å². The quantitative estimate of drug-likeness (QED) is 0.904. The van der Waals surface area contributed by atoms with E-state index >= 15 is 0 Å². The maximum Gasteiger partial charge on any atom is 0.244 e. The molecule has 0 spiro atoms. The van der Waals surface area contributed by atoms with E-state index in [0.717, 1.165) is 32.4 Å². The van der Waals surface area contributed by atoms with Gasteiger partial charge >= 0.3 is 0 Å². The highest BCUT2D eigenvalue weighted by Gasteiger charge is 2.34. The molecule has 1 aromatic rings. The maximum atomic E-state index is 12.0. The topological polar surface area (TPSA) is 85.1 Å². The molecule has 6 nitrogen and oxygen atoms in total. The lowest BCUT2D eigenvalue weighted by atomic mass is 9.96. The van der Waals surface area contributed by atoms with Gasteiger partial charge in [-0.1, -0.05) is 11.6 Å². The van der Waals surface area contributed by atoms with E-state index in [-0.39, 0.29) is 5.75 Å². The largest absolute Gasteiger partial charge is 0.338 e. The lowest BCUT2D eigenvalue weighted by molar-refractivity contribution is 0.343. The van der Waals surface area contributed by atoms with Crippen molar-refractivity contribution in [3.05, 3.63) is 11.7 Å². The summed E-state index contributed by atoms with van der Waals surface area (Å²) in [6, 6.07) is 0. The molecule has 1 N–H and O–H groups in total. The smallest absolute Gasteiger partial charge is 0.244 e. The van der Waals surface area contributed by atoms with E-state index in [1.807, 2.05) is 0 Å². The molecular weight excluding hydrogens is 278 g/mol. The summed E-state index contributed by atoms with van der Waals surface area (Å²) in [4.78, 5) is 4.34. The highest BCUT2D eigenvalue weighted by atomic mass is 32.2. The van der Waals surface area contributed by atoms with Crippen LogP contribution in [0.2, 0.25) is 0 Å². The number of nitrogens with zero attached hydrogens (tertiary/aromatic N) is 2. The molecule has 20 heavy (non-hydrogen) atoms. The molecule has 0 radical (unpaired) electrons. The second-order valence-electron chi connectivity index (χ2n) is 5.82. The third-order valence-corrected chi connectivity index (χ3v) is 6.37. The van der Waals surface area contributed by atoms with Gasteiger partial charge in [0, 0.05) is 6.42 Å². The van der Waals surface area contributed by atoms with Crippen molar-refractivity contribution in [3.8, 4) is 0 Å². The van der Waals surface area contributed by atoms with Crippen LogP contribution in [-0.4, -0.2) is 37.4 Å². The van der Waals surface area contributed by atoms with Crippen molar-refractivity contribution in [2.75, 3.05) is 18.8 Å². The van der Waals surface area contributed by atoms with Gasteiger partial charge < -0.3 is 9.84 Å². The Balaban J connectivity index is 1.69. The highest BCUT2D eigenvalue weighted by Crippen LogP contribution is 2.32. The third-order valence-electron chi connectivity index (χ3n) is 4.21. The molecule has 3 heterocycles. The number of nitrogens with one attached hydrogen (secondary N) is 1. The number of piperidine rings is 1. The van der Waals surface area contributed by atoms with E-state index < -0.39 is 15.1 Å². The summed E-state index contributed by atoms with van der Waals surface area (Å²) in [6.45, 7) is 2.06. The molecule has 1 aromatic heterocycles. The summed E-state index contributed by atoms with van der Waals surface area (Å²) >= 11 is 0. The van der Waals surface area contributed by atoms with Crippen LogP contribution in [-0.2, 0) is 16.3 Å². The number of hydrogen-bond donors (Lipinski definition) is 1. The standard InChI is InChI=1S/C13H21N3O3S/c17-20(18)7-2-1-5-11(20)13-15-12(16-19-13)8-10-4-3-6-14-9-10/h10-11,14H,1-9H2. The molecule has 7 heteroatoms. The maximum absolute atomic E-state index is 12.0. The molecule has 2 unspecified atom stereocenters. The first kappa shape index (κ1) is 14.0. The summed E-state index contributed by atoms with van der Waals surface area (Å²) in [5.74, 6) is 1.71. The first-order valence-electron chi connectivity index (χ1n) is 7.40. The van der Waals surface area contributed by atoms with Gasteiger partial charge in [-0.15, -0.1) is 0 Å². The minimum atomic E-state index is -3.10. The Kier molecular flexibility index (Phi) is 4.07. The Morgan fingerprint density at radius 2 is 2.15 bits per heavy atom. The zero-order chi connectivity index (χ0) is 14.0. The SMILES string of the molecule is O=S1(=O)CCCCC1c1nc(CC2CCCNC2)no1. The number of rotatable bonds is 3. The second-order valence-corrected chi connectivity index (χ2v) is 8.12. The molecule has 2 aliphatic heterocycles. The van der Waals surface area contributed by atoms with Crippen LogP contribution in [0, 0.1) is 5.92 Å². The van der Waals surface area contributed by atoms with Crippen molar-refractivity contribution in [3.63, 3.8) is 0 Å². The lowest BCUT2D eigenvalue weighted by Crippen LogP contribution is -2.31. The first-order chi connectivity index (χ1) is 9.65. The Morgan fingerprint density at radius 3 is 2.90 bits per heavy atom. The number of aromatic nitrogens is 2. The summed E-state index contributed by atoms with van der Waals surface area (Å²) in [5, 5.41) is 6.75. The Hall–Kier alpha value is -0.950. The van der Waals surface area contributed by atoms with Crippen molar-refractivity contribution in [1.82, 2.24) is 15.5 Å². The molecular formula is C13H21N3O3S. The van der Waals surface area contributed by atoms with Crippen LogP contribution in [0.5, 0.6) is 0 Å². The molecule has 0 bridgehead atoms. The normalized spacial score (nSPS) is 30.2. The van der Waals surface area contributed by atoms with Gasteiger partial charge in [-0.3, -0.25) is 0 Å². The zero-order valence-electron chi connectivity index (χ0n) is 11.5. The summed E-state index contributed by atoms with van der Waals surface area (Å²) < 4.78 is 29.3. The molecule has 2 atom stereocenters. The van der Waals surface area contributed by atoms with Crippen LogP contribution in [0.3, 0.4) is 0 Å². The van der Waals surface area contributed by atoms with Crippen LogP contribution in [0.25, 0.3) is 0 Å². The van der Waals surface area contributed by atoms with Gasteiger partial charge in [-0.2, -0.15) is 4.98 Å². The van der Waals surface area contributed by atoms with Gasteiger partial charge in [0.25, 0.3) is 0 Å². The second kappa shape index (κ2) is 5.81. The minimum absolute atomic E-state index is 0.238. The lowest BCUT2D eigenvalue weighted by Gasteiger charge is -2.21. The molecule has 0 aliphatic carbocycles. The van der Waals surface area contributed by atoms with E-state index in [4.69, 9.17) is 4.52 Å².